The van der Waals surface area contributed by atoms with Crippen molar-refractivity contribution < 1.29 is 0 Å². The molecule has 0 aromatic carbocycles. The van der Waals surface area contributed by atoms with Crippen LogP contribution in [0.5, 0.6) is 0 Å². The quantitative estimate of drug-likeness (QED) is 0.505. The van der Waals surface area contributed by atoms with Gasteiger partial charge in [0.2, 0.25) is 0 Å². The lowest BCUT2D eigenvalue weighted by atomic mass is 10.2. The first-order valence-corrected chi connectivity index (χ1v) is 5.42. The van der Waals surface area contributed by atoms with Crippen molar-refractivity contribution in [3.8, 4) is 0 Å². The summed E-state index contributed by atoms with van der Waals surface area (Å²) in [6.07, 6.45) is 0. The van der Waals surface area contributed by atoms with Crippen LogP contribution in [0.2, 0.25) is 0 Å². The van der Waals surface area contributed by atoms with Crippen LogP contribution in [-0.2, 0) is 0 Å². The van der Waals surface area contributed by atoms with E-state index in [1.807, 2.05) is 0 Å². The van der Waals surface area contributed by atoms with Gasteiger partial charge in [0.05, 0.1) is 0 Å². The molecule has 0 aliphatic rings. The summed E-state index contributed by atoms with van der Waals surface area (Å²) in [5, 5.41) is 2.94. The summed E-state index contributed by atoms with van der Waals surface area (Å²) in [4.78, 5) is 0. The minimum Gasteiger partial charge on any atom is -0.371 e. The van der Waals surface area contributed by atoms with Gasteiger partial charge in [-0.2, -0.15) is 0 Å². The molecule has 0 radical (unpaired) electrons. The third-order valence-corrected chi connectivity index (χ3v) is 1.44. The summed E-state index contributed by atoms with van der Waals surface area (Å²) in [7, 11) is 0. The topological polar surface area (TPSA) is 38.0 Å². The molecule has 0 aliphatic heterocycles. The SMILES string of the molecule is CC(C)CN.CC(C)CNC(=S)S. The zero-order valence-corrected chi connectivity index (χ0v) is 10.7. The number of rotatable bonds is 3. The van der Waals surface area contributed by atoms with Gasteiger partial charge < -0.3 is 11.1 Å². The average Bonchev–Trinajstić information content (AvgIpc) is 2.02. The van der Waals surface area contributed by atoms with Crippen molar-refractivity contribution in [3.63, 3.8) is 0 Å². The first kappa shape index (κ1) is 15.7. The van der Waals surface area contributed by atoms with Crippen LogP contribution in [0.1, 0.15) is 27.7 Å². The lowest BCUT2D eigenvalue weighted by molar-refractivity contribution is 0.630. The van der Waals surface area contributed by atoms with Crippen LogP contribution in [0.25, 0.3) is 0 Å². The number of thiol groups is 1. The maximum atomic E-state index is 5.17. The number of hydrogen-bond donors (Lipinski definition) is 3. The van der Waals surface area contributed by atoms with E-state index in [1.54, 1.807) is 0 Å². The second kappa shape index (κ2) is 10.3. The van der Waals surface area contributed by atoms with E-state index in [2.05, 4.69) is 57.9 Å². The lowest BCUT2D eigenvalue weighted by Gasteiger charge is -2.04. The number of nitrogens with two attached hydrogens (primary N) is 1. The number of nitrogens with one attached hydrogen (secondary N) is 1. The maximum absolute atomic E-state index is 5.17. The minimum atomic E-state index is 0.582. The van der Waals surface area contributed by atoms with Crippen LogP contribution < -0.4 is 11.1 Å². The van der Waals surface area contributed by atoms with Crippen LogP contribution in [0, 0.1) is 11.8 Å². The standard InChI is InChI=1S/C5H11NS2.C4H11N/c1-4(2)3-6-5(7)8;1-4(2)3-5/h4H,3H2,1-2H3,(H2,6,7,8);4H,3,5H2,1-2H3. The van der Waals surface area contributed by atoms with Crippen LogP contribution in [0.3, 0.4) is 0 Å². The molecule has 0 saturated carbocycles. The van der Waals surface area contributed by atoms with Gasteiger partial charge in [0, 0.05) is 6.54 Å². The van der Waals surface area contributed by atoms with E-state index in [4.69, 9.17) is 5.73 Å². The van der Waals surface area contributed by atoms with Crippen molar-refractivity contribution in [2.24, 2.45) is 17.6 Å². The third-order valence-electron chi connectivity index (χ3n) is 1.13. The highest BCUT2D eigenvalue weighted by Gasteiger charge is 1.90. The molecule has 0 saturated heterocycles. The zero-order valence-electron chi connectivity index (χ0n) is 9.00. The highest BCUT2D eigenvalue weighted by atomic mass is 32.1. The smallest absolute Gasteiger partial charge is 0.130 e. The molecule has 0 amide bonds. The Morgan fingerprint density at radius 1 is 1.31 bits per heavy atom. The normalized spacial score (nSPS) is 9.54. The molecule has 0 unspecified atom stereocenters. The van der Waals surface area contributed by atoms with E-state index in [-0.39, 0.29) is 0 Å². The molecule has 13 heavy (non-hydrogen) atoms. The third kappa shape index (κ3) is 24.5. The van der Waals surface area contributed by atoms with Crippen molar-refractivity contribution in [1.82, 2.24) is 5.32 Å². The fourth-order valence-corrected chi connectivity index (χ4v) is 0.466. The van der Waals surface area contributed by atoms with Gasteiger partial charge in [-0.05, 0) is 18.4 Å². The summed E-state index contributed by atoms with van der Waals surface area (Å²) in [5.74, 6) is 1.30. The van der Waals surface area contributed by atoms with E-state index < -0.39 is 0 Å². The van der Waals surface area contributed by atoms with E-state index in [0.717, 1.165) is 13.1 Å². The Morgan fingerprint density at radius 2 is 1.69 bits per heavy atom. The molecule has 0 aliphatic carbocycles. The second-order valence-electron chi connectivity index (χ2n) is 3.71. The number of hydrogen-bond acceptors (Lipinski definition) is 2. The van der Waals surface area contributed by atoms with E-state index in [0.29, 0.717) is 16.2 Å². The summed E-state index contributed by atoms with van der Waals surface area (Å²) < 4.78 is 0.582. The largest absolute Gasteiger partial charge is 0.371 e. The molecule has 0 aromatic heterocycles. The first-order valence-electron chi connectivity index (χ1n) is 4.57. The van der Waals surface area contributed by atoms with Gasteiger partial charge in [0.15, 0.2) is 0 Å². The Morgan fingerprint density at radius 3 is 1.77 bits per heavy atom. The predicted octanol–water partition coefficient (Wildman–Crippen LogP) is 2.05. The monoisotopic (exact) mass is 222 g/mol. The van der Waals surface area contributed by atoms with Gasteiger partial charge in [0.1, 0.15) is 4.32 Å². The van der Waals surface area contributed by atoms with Gasteiger partial charge in [0.25, 0.3) is 0 Å². The minimum absolute atomic E-state index is 0.582. The molecular formula is C9H22N2S2. The second-order valence-corrected chi connectivity index (χ2v) is 4.87. The average molecular weight is 222 g/mol. The first-order chi connectivity index (χ1) is 5.90. The fraction of sp³-hybridized carbons (Fsp3) is 0.889. The van der Waals surface area contributed by atoms with Crippen LogP contribution in [0.15, 0.2) is 0 Å². The molecule has 0 aromatic rings. The van der Waals surface area contributed by atoms with Crippen molar-refractivity contribution >= 4 is 29.2 Å². The Kier molecular flexibility index (Phi) is 12.4. The highest BCUT2D eigenvalue weighted by Crippen LogP contribution is 1.88. The van der Waals surface area contributed by atoms with Crippen LogP contribution in [0.4, 0.5) is 0 Å². The maximum Gasteiger partial charge on any atom is 0.130 e. The molecule has 0 atom stereocenters. The van der Waals surface area contributed by atoms with Crippen molar-refractivity contribution in [2.45, 2.75) is 27.7 Å². The molecule has 4 heteroatoms. The summed E-state index contributed by atoms with van der Waals surface area (Å²) >= 11 is 8.56. The van der Waals surface area contributed by atoms with Crippen molar-refractivity contribution in [3.05, 3.63) is 0 Å². The van der Waals surface area contributed by atoms with Gasteiger partial charge in [-0.15, -0.1) is 12.6 Å². The molecule has 0 heterocycles. The van der Waals surface area contributed by atoms with Crippen LogP contribution >= 0.6 is 24.8 Å². The van der Waals surface area contributed by atoms with Gasteiger partial charge in [-0.1, -0.05) is 39.9 Å². The van der Waals surface area contributed by atoms with Crippen molar-refractivity contribution in [2.75, 3.05) is 13.1 Å². The Hall–Kier alpha value is 0.200. The van der Waals surface area contributed by atoms with Crippen LogP contribution in [-0.4, -0.2) is 17.4 Å². The molecule has 0 rings (SSSR count). The zero-order chi connectivity index (χ0) is 10.9. The Balaban J connectivity index is 0. The van der Waals surface area contributed by atoms with Gasteiger partial charge in [-0.3, -0.25) is 0 Å². The lowest BCUT2D eigenvalue weighted by Crippen LogP contribution is -2.21. The molecule has 80 valence electrons. The molecule has 0 bridgehead atoms. The van der Waals surface area contributed by atoms with E-state index in [1.165, 1.54) is 0 Å². The Labute approximate surface area is 93.1 Å². The molecule has 2 nitrogen and oxygen atoms in total. The van der Waals surface area contributed by atoms with E-state index >= 15 is 0 Å². The molecule has 0 fully saturated rings. The van der Waals surface area contributed by atoms with E-state index in [9.17, 15) is 0 Å². The highest BCUT2D eigenvalue weighted by molar-refractivity contribution is 8.11. The van der Waals surface area contributed by atoms with Crippen molar-refractivity contribution in [1.29, 1.82) is 0 Å². The fourth-order valence-electron chi connectivity index (χ4n) is 0.291. The summed E-state index contributed by atoms with van der Waals surface area (Å²) in [6, 6.07) is 0. The summed E-state index contributed by atoms with van der Waals surface area (Å²) in [6.45, 7) is 10.2. The molecule has 3 N–H and O–H groups in total. The van der Waals surface area contributed by atoms with Gasteiger partial charge >= 0.3 is 0 Å². The number of thiocarbonyl (C=S) groups is 1. The Bertz CT molecular complexity index is 125. The predicted molar refractivity (Wildman–Crippen MR) is 68.3 cm³/mol. The molecular weight excluding hydrogens is 200 g/mol. The summed E-state index contributed by atoms with van der Waals surface area (Å²) in [5.41, 5.74) is 5.17. The molecule has 0 spiro atoms. The van der Waals surface area contributed by atoms with Gasteiger partial charge in [-0.25, -0.2) is 0 Å².